The lowest BCUT2D eigenvalue weighted by molar-refractivity contribution is -0.139. The van der Waals surface area contributed by atoms with Gasteiger partial charge in [0.05, 0.1) is 5.92 Å². The van der Waals surface area contributed by atoms with Gasteiger partial charge in [-0.3, -0.25) is 4.79 Å². The van der Waals surface area contributed by atoms with Crippen LogP contribution in [0.5, 0.6) is 0 Å². The maximum absolute atomic E-state index is 10.2. The quantitative estimate of drug-likeness (QED) is 0.599. The number of carboxylic acids is 1. The van der Waals surface area contributed by atoms with Gasteiger partial charge in [-0.25, -0.2) is 0 Å². The maximum Gasteiger partial charge on any atom is 0.306 e. The molecule has 1 aliphatic rings. The van der Waals surface area contributed by atoms with Crippen LogP contribution in [0.15, 0.2) is 0 Å². The van der Waals surface area contributed by atoms with E-state index in [9.17, 15) is 4.79 Å². The van der Waals surface area contributed by atoms with Crippen molar-refractivity contribution in [3.05, 3.63) is 0 Å². The summed E-state index contributed by atoms with van der Waals surface area (Å²) in [6, 6.07) is 0. The van der Waals surface area contributed by atoms with Crippen molar-refractivity contribution < 1.29 is 14.6 Å². The molecule has 3 heteroatoms. The van der Waals surface area contributed by atoms with Crippen molar-refractivity contribution in [1.29, 1.82) is 0 Å². The van der Waals surface area contributed by atoms with Crippen LogP contribution in [0.4, 0.5) is 0 Å². The van der Waals surface area contributed by atoms with E-state index in [-0.39, 0.29) is 11.8 Å². The van der Waals surface area contributed by atoms with Crippen LogP contribution in [0.25, 0.3) is 0 Å². The minimum atomic E-state index is -0.683. The standard InChI is InChI=1S/C6H10O3/c1-9-3-4-2-5(4)6(7)8/h4-5H,2-3H2,1H3,(H,7,8)/t4-,5+/m1/s1. The third kappa shape index (κ3) is 1.42. The van der Waals surface area contributed by atoms with Crippen LogP contribution in [0, 0.1) is 11.8 Å². The van der Waals surface area contributed by atoms with E-state index in [2.05, 4.69) is 0 Å². The molecule has 0 aliphatic heterocycles. The molecule has 0 aromatic rings. The van der Waals surface area contributed by atoms with Crippen molar-refractivity contribution in [2.24, 2.45) is 11.8 Å². The Morgan fingerprint density at radius 3 is 2.89 bits per heavy atom. The van der Waals surface area contributed by atoms with Gasteiger partial charge >= 0.3 is 5.97 Å². The van der Waals surface area contributed by atoms with Crippen LogP contribution in [-0.4, -0.2) is 24.8 Å². The first-order valence-electron chi connectivity index (χ1n) is 2.97. The number of aliphatic carboxylic acids is 1. The lowest BCUT2D eigenvalue weighted by Crippen LogP contribution is -2.02. The predicted octanol–water partition coefficient (Wildman–Crippen LogP) is 0.354. The van der Waals surface area contributed by atoms with E-state index in [0.717, 1.165) is 6.42 Å². The fourth-order valence-electron chi connectivity index (χ4n) is 0.948. The summed E-state index contributed by atoms with van der Waals surface area (Å²) in [4.78, 5) is 10.2. The van der Waals surface area contributed by atoms with Gasteiger partial charge < -0.3 is 9.84 Å². The molecule has 1 aliphatic carbocycles. The van der Waals surface area contributed by atoms with E-state index < -0.39 is 5.97 Å². The van der Waals surface area contributed by atoms with Crippen LogP contribution in [0.1, 0.15) is 6.42 Å². The zero-order valence-corrected chi connectivity index (χ0v) is 5.33. The third-order valence-electron chi connectivity index (χ3n) is 1.62. The van der Waals surface area contributed by atoms with Gasteiger partial charge in [-0.2, -0.15) is 0 Å². The molecule has 1 N–H and O–H groups in total. The Morgan fingerprint density at radius 1 is 1.89 bits per heavy atom. The molecule has 0 bridgehead atoms. The van der Waals surface area contributed by atoms with Crippen molar-refractivity contribution in [2.45, 2.75) is 6.42 Å². The Bertz CT molecular complexity index is 121. The van der Waals surface area contributed by atoms with E-state index in [0.29, 0.717) is 6.61 Å². The first-order chi connectivity index (χ1) is 4.25. The second-order valence-corrected chi connectivity index (χ2v) is 2.40. The van der Waals surface area contributed by atoms with Crippen LogP contribution in [-0.2, 0) is 9.53 Å². The molecule has 0 saturated heterocycles. The molecule has 0 heterocycles. The van der Waals surface area contributed by atoms with Crippen molar-refractivity contribution >= 4 is 5.97 Å². The summed E-state index contributed by atoms with van der Waals surface area (Å²) < 4.78 is 4.78. The topological polar surface area (TPSA) is 46.5 Å². The molecule has 2 atom stereocenters. The Balaban J connectivity index is 2.17. The number of carboxylic acid groups (broad SMARTS) is 1. The minimum Gasteiger partial charge on any atom is -0.481 e. The van der Waals surface area contributed by atoms with E-state index in [1.54, 1.807) is 7.11 Å². The second-order valence-electron chi connectivity index (χ2n) is 2.40. The van der Waals surface area contributed by atoms with E-state index in [4.69, 9.17) is 9.84 Å². The smallest absolute Gasteiger partial charge is 0.306 e. The molecular formula is C6H10O3. The van der Waals surface area contributed by atoms with Crippen LogP contribution in [0.3, 0.4) is 0 Å². The lowest BCUT2D eigenvalue weighted by atomic mass is 10.3. The summed E-state index contributed by atoms with van der Waals surface area (Å²) in [6.45, 7) is 0.594. The van der Waals surface area contributed by atoms with Crippen molar-refractivity contribution in [3.8, 4) is 0 Å². The highest BCUT2D eigenvalue weighted by Gasteiger charge is 2.42. The van der Waals surface area contributed by atoms with Crippen LogP contribution >= 0.6 is 0 Å². The summed E-state index contributed by atoms with van der Waals surface area (Å²) >= 11 is 0. The zero-order chi connectivity index (χ0) is 6.85. The average molecular weight is 130 g/mol. The molecule has 1 saturated carbocycles. The number of hydrogen-bond donors (Lipinski definition) is 1. The molecule has 1 rings (SSSR count). The molecule has 0 amide bonds. The third-order valence-corrected chi connectivity index (χ3v) is 1.62. The molecule has 0 aromatic carbocycles. The molecule has 1 fully saturated rings. The average Bonchev–Trinajstić information content (AvgIpc) is 2.47. The van der Waals surface area contributed by atoms with Gasteiger partial charge in [0.2, 0.25) is 0 Å². The first-order valence-corrected chi connectivity index (χ1v) is 2.97. The van der Waals surface area contributed by atoms with Crippen molar-refractivity contribution in [2.75, 3.05) is 13.7 Å². The molecule has 0 unspecified atom stereocenters. The molecular weight excluding hydrogens is 120 g/mol. The van der Waals surface area contributed by atoms with Gasteiger partial charge in [0.25, 0.3) is 0 Å². The van der Waals surface area contributed by atoms with Gasteiger partial charge in [-0.05, 0) is 12.3 Å². The fourth-order valence-corrected chi connectivity index (χ4v) is 0.948. The Hall–Kier alpha value is -0.570. The van der Waals surface area contributed by atoms with Crippen LogP contribution < -0.4 is 0 Å². The first kappa shape index (κ1) is 6.55. The second kappa shape index (κ2) is 2.35. The molecule has 0 aromatic heterocycles. The maximum atomic E-state index is 10.2. The Labute approximate surface area is 53.6 Å². The van der Waals surface area contributed by atoms with E-state index >= 15 is 0 Å². The summed E-state index contributed by atoms with van der Waals surface area (Å²) in [6.07, 6.45) is 0.795. The summed E-state index contributed by atoms with van der Waals surface area (Å²) in [7, 11) is 1.59. The highest BCUT2D eigenvalue weighted by atomic mass is 16.5. The van der Waals surface area contributed by atoms with Gasteiger partial charge in [-0.15, -0.1) is 0 Å². The SMILES string of the molecule is COC[C@H]1C[C@@H]1C(=O)O. The highest BCUT2D eigenvalue weighted by Crippen LogP contribution is 2.38. The molecule has 52 valence electrons. The zero-order valence-electron chi connectivity index (χ0n) is 5.33. The minimum absolute atomic E-state index is 0.120. The van der Waals surface area contributed by atoms with Gasteiger partial charge in [0.1, 0.15) is 0 Å². The number of ether oxygens (including phenoxy) is 1. The monoisotopic (exact) mass is 130 g/mol. The van der Waals surface area contributed by atoms with Gasteiger partial charge in [0, 0.05) is 13.7 Å². The molecule has 3 nitrogen and oxygen atoms in total. The summed E-state index contributed by atoms with van der Waals surface area (Å²) in [5.74, 6) is -0.519. The lowest BCUT2D eigenvalue weighted by Gasteiger charge is -1.91. The number of carbonyl (C=O) groups is 1. The Morgan fingerprint density at radius 2 is 2.56 bits per heavy atom. The van der Waals surface area contributed by atoms with E-state index in [1.807, 2.05) is 0 Å². The fraction of sp³-hybridized carbons (Fsp3) is 0.833. The molecule has 0 radical (unpaired) electrons. The largest absolute Gasteiger partial charge is 0.481 e. The van der Waals surface area contributed by atoms with Crippen LogP contribution in [0.2, 0.25) is 0 Å². The van der Waals surface area contributed by atoms with Gasteiger partial charge in [-0.1, -0.05) is 0 Å². The molecule has 9 heavy (non-hydrogen) atoms. The predicted molar refractivity (Wildman–Crippen MR) is 31.1 cm³/mol. The number of methoxy groups -OCH3 is 1. The summed E-state index contributed by atoms with van der Waals surface area (Å²) in [5, 5.41) is 8.39. The number of rotatable bonds is 3. The van der Waals surface area contributed by atoms with Crippen molar-refractivity contribution in [1.82, 2.24) is 0 Å². The van der Waals surface area contributed by atoms with Crippen molar-refractivity contribution in [3.63, 3.8) is 0 Å². The van der Waals surface area contributed by atoms with E-state index in [1.165, 1.54) is 0 Å². The molecule has 0 spiro atoms. The normalized spacial score (nSPS) is 32.1. The summed E-state index contributed by atoms with van der Waals surface area (Å²) in [5.41, 5.74) is 0. The number of hydrogen-bond acceptors (Lipinski definition) is 2. The highest BCUT2D eigenvalue weighted by molar-refractivity contribution is 5.73. The van der Waals surface area contributed by atoms with Gasteiger partial charge in [0.15, 0.2) is 0 Å². The Kier molecular flexibility index (Phi) is 1.71.